The van der Waals surface area contributed by atoms with Gasteiger partial charge in [0.2, 0.25) is 5.90 Å². The fraction of sp³-hybridized carbons (Fsp3) is 0.276. The Labute approximate surface area is 196 Å². The van der Waals surface area contributed by atoms with Crippen LogP contribution in [0.5, 0.6) is 11.5 Å². The zero-order valence-corrected chi connectivity index (χ0v) is 19.5. The van der Waals surface area contributed by atoms with Crippen molar-refractivity contribution in [2.45, 2.75) is 38.1 Å². The maximum absolute atomic E-state index is 6.02. The first-order valence-electron chi connectivity index (χ1n) is 11.6. The second-order valence-electron chi connectivity index (χ2n) is 8.75. The highest BCUT2D eigenvalue weighted by molar-refractivity contribution is 5.93. The summed E-state index contributed by atoms with van der Waals surface area (Å²) in [6, 6.07) is 23.8. The van der Waals surface area contributed by atoms with Crippen LogP contribution in [0.25, 0.3) is 6.08 Å². The Hall–Kier alpha value is -3.53. The fourth-order valence-corrected chi connectivity index (χ4v) is 5.16. The molecule has 5 rings (SSSR count). The van der Waals surface area contributed by atoms with Gasteiger partial charge in [-0.2, -0.15) is 0 Å². The minimum Gasteiger partial charge on any atom is -0.497 e. The van der Waals surface area contributed by atoms with Gasteiger partial charge in [0, 0.05) is 36.5 Å². The third-order valence-corrected chi connectivity index (χ3v) is 6.82. The summed E-state index contributed by atoms with van der Waals surface area (Å²) in [6.45, 7) is 2.04. The molecule has 0 amide bonds. The molecule has 2 unspecified atom stereocenters. The number of rotatable bonds is 5. The highest BCUT2D eigenvalue weighted by Gasteiger charge is 2.42. The molecule has 0 bridgehead atoms. The number of nitrogens with zero attached hydrogens (tertiary/aromatic N) is 2. The molecule has 2 aliphatic rings. The van der Waals surface area contributed by atoms with Gasteiger partial charge in [0.1, 0.15) is 11.5 Å². The number of anilines is 2. The number of aryl methyl sites for hydroxylation is 1. The van der Waals surface area contributed by atoms with E-state index in [1.54, 1.807) is 14.2 Å². The van der Waals surface area contributed by atoms with Crippen molar-refractivity contribution in [1.82, 2.24) is 0 Å². The molecule has 3 aromatic carbocycles. The number of hydrogen-bond donors (Lipinski definition) is 0. The summed E-state index contributed by atoms with van der Waals surface area (Å²) < 4.78 is 11.4. The molecule has 0 N–H and O–H groups in total. The molecule has 1 saturated carbocycles. The van der Waals surface area contributed by atoms with E-state index in [4.69, 9.17) is 9.47 Å². The van der Waals surface area contributed by atoms with Crippen molar-refractivity contribution in [1.29, 1.82) is 0 Å². The van der Waals surface area contributed by atoms with Gasteiger partial charge in [0.05, 0.1) is 7.11 Å². The molecule has 0 aromatic heterocycles. The first-order chi connectivity index (χ1) is 16.2. The standard InChI is InChI=1S/C29H30N2O2/c1-20-7-4-5-10-28(20)33-29(30-2)18-12-21-11-17-27-25(19-21)24-8-6-9-26(24)31(27)22-13-15-23(32-3)16-14-22/h4-5,7,10-19,24,26H,6,8-9H2,1-3H3/b18-12+,30-29?. The molecular formula is C29H30N2O2. The maximum Gasteiger partial charge on any atom is 0.214 e. The molecule has 1 aliphatic heterocycles. The lowest BCUT2D eigenvalue weighted by Crippen LogP contribution is -2.26. The van der Waals surface area contributed by atoms with E-state index in [9.17, 15) is 0 Å². The average Bonchev–Trinajstić information content (AvgIpc) is 3.44. The van der Waals surface area contributed by atoms with E-state index in [1.165, 1.54) is 41.8 Å². The molecule has 33 heavy (non-hydrogen) atoms. The molecule has 1 heterocycles. The van der Waals surface area contributed by atoms with Crippen molar-refractivity contribution in [2.75, 3.05) is 19.1 Å². The van der Waals surface area contributed by atoms with E-state index >= 15 is 0 Å². The highest BCUT2D eigenvalue weighted by atomic mass is 16.5. The summed E-state index contributed by atoms with van der Waals surface area (Å²) in [5.74, 6) is 2.91. The van der Waals surface area contributed by atoms with E-state index in [2.05, 4.69) is 58.4 Å². The van der Waals surface area contributed by atoms with Crippen LogP contribution < -0.4 is 14.4 Å². The molecular weight excluding hydrogens is 408 g/mol. The van der Waals surface area contributed by atoms with E-state index in [1.807, 2.05) is 37.3 Å². The van der Waals surface area contributed by atoms with Crippen molar-refractivity contribution in [3.63, 3.8) is 0 Å². The van der Waals surface area contributed by atoms with Crippen LogP contribution in [0.1, 0.15) is 41.9 Å². The van der Waals surface area contributed by atoms with Gasteiger partial charge in [0.25, 0.3) is 0 Å². The molecule has 168 valence electrons. The molecule has 3 aromatic rings. The summed E-state index contributed by atoms with van der Waals surface area (Å²) in [5.41, 5.74) is 6.28. The number of ether oxygens (including phenoxy) is 2. The normalized spacial score (nSPS) is 19.6. The predicted molar refractivity (Wildman–Crippen MR) is 136 cm³/mol. The topological polar surface area (TPSA) is 34.1 Å². The van der Waals surface area contributed by atoms with Gasteiger partial charge >= 0.3 is 0 Å². The summed E-state index contributed by atoms with van der Waals surface area (Å²) in [6.07, 6.45) is 7.80. The molecule has 1 fully saturated rings. The minimum absolute atomic E-state index is 0.532. The monoisotopic (exact) mass is 438 g/mol. The lowest BCUT2D eigenvalue weighted by Gasteiger charge is -2.27. The SMILES string of the molecule is CN=C(/C=C/c1ccc2c(c1)C1CCCC1N2c1ccc(OC)cc1)Oc1ccccc1C. The number of benzene rings is 3. The van der Waals surface area contributed by atoms with Crippen LogP contribution in [-0.4, -0.2) is 26.1 Å². The van der Waals surface area contributed by atoms with Crippen LogP contribution in [0.3, 0.4) is 0 Å². The summed E-state index contributed by atoms with van der Waals surface area (Å²) in [4.78, 5) is 6.85. The lowest BCUT2D eigenvalue weighted by molar-refractivity contribution is 0.415. The fourth-order valence-electron chi connectivity index (χ4n) is 5.16. The number of aliphatic imine (C=N–C) groups is 1. The van der Waals surface area contributed by atoms with E-state index in [0.29, 0.717) is 17.9 Å². The number of hydrogen-bond acceptors (Lipinski definition) is 4. The molecule has 4 nitrogen and oxygen atoms in total. The maximum atomic E-state index is 6.02. The van der Waals surface area contributed by atoms with E-state index in [0.717, 1.165) is 17.1 Å². The molecule has 0 spiro atoms. The molecule has 4 heteroatoms. The number of para-hydroxylation sites is 1. The second kappa shape index (κ2) is 9.14. The third kappa shape index (κ3) is 4.13. The average molecular weight is 439 g/mol. The molecule has 0 radical (unpaired) electrons. The Balaban J connectivity index is 1.41. The zero-order chi connectivity index (χ0) is 22.8. The van der Waals surface area contributed by atoms with Crippen molar-refractivity contribution < 1.29 is 9.47 Å². The van der Waals surface area contributed by atoms with Gasteiger partial charge in [-0.25, -0.2) is 0 Å². The second-order valence-corrected chi connectivity index (χ2v) is 8.75. The first kappa shape index (κ1) is 21.3. The number of fused-ring (bicyclic) bond motifs is 3. The van der Waals surface area contributed by atoms with Crippen LogP contribution in [0.2, 0.25) is 0 Å². The minimum atomic E-state index is 0.532. The first-order valence-corrected chi connectivity index (χ1v) is 11.6. The Morgan fingerprint density at radius 2 is 1.85 bits per heavy atom. The Morgan fingerprint density at radius 3 is 2.61 bits per heavy atom. The quantitative estimate of drug-likeness (QED) is 0.320. The van der Waals surface area contributed by atoms with Gasteiger partial charge in [-0.3, -0.25) is 4.99 Å². The Kier molecular flexibility index (Phi) is 5.91. The molecule has 2 atom stereocenters. The summed E-state index contributed by atoms with van der Waals surface area (Å²) in [7, 11) is 3.47. The van der Waals surface area contributed by atoms with Crippen LogP contribution in [0.15, 0.2) is 77.8 Å². The van der Waals surface area contributed by atoms with Gasteiger partial charge < -0.3 is 14.4 Å². The molecule has 0 saturated heterocycles. The van der Waals surface area contributed by atoms with E-state index in [-0.39, 0.29) is 0 Å². The third-order valence-electron chi connectivity index (χ3n) is 6.82. The van der Waals surface area contributed by atoms with Gasteiger partial charge in [-0.15, -0.1) is 0 Å². The van der Waals surface area contributed by atoms with Crippen LogP contribution in [-0.2, 0) is 0 Å². The van der Waals surface area contributed by atoms with E-state index < -0.39 is 0 Å². The molecule has 1 aliphatic carbocycles. The van der Waals surface area contributed by atoms with Crippen LogP contribution in [0.4, 0.5) is 11.4 Å². The Bertz CT molecular complexity index is 1200. The van der Waals surface area contributed by atoms with Crippen LogP contribution in [0, 0.1) is 6.92 Å². The summed E-state index contributed by atoms with van der Waals surface area (Å²) in [5, 5.41) is 0. The Morgan fingerprint density at radius 1 is 1.03 bits per heavy atom. The number of methoxy groups -OCH3 is 1. The predicted octanol–water partition coefficient (Wildman–Crippen LogP) is 6.91. The van der Waals surface area contributed by atoms with Crippen LogP contribution >= 0.6 is 0 Å². The highest BCUT2D eigenvalue weighted by Crippen LogP contribution is 2.52. The van der Waals surface area contributed by atoms with Crippen molar-refractivity contribution in [2.24, 2.45) is 4.99 Å². The lowest BCUT2D eigenvalue weighted by atomic mass is 9.96. The van der Waals surface area contributed by atoms with Crippen molar-refractivity contribution in [3.05, 3.63) is 89.5 Å². The largest absolute Gasteiger partial charge is 0.497 e. The summed E-state index contributed by atoms with van der Waals surface area (Å²) >= 11 is 0. The van der Waals surface area contributed by atoms with Crippen molar-refractivity contribution >= 4 is 23.3 Å². The van der Waals surface area contributed by atoms with Gasteiger partial charge in [-0.05, 0) is 85.0 Å². The van der Waals surface area contributed by atoms with Crippen molar-refractivity contribution in [3.8, 4) is 11.5 Å². The zero-order valence-electron chi connectivity index (χ0n) is 19.5. The smallest absolute Gasteiger partial charge is 0.214 e. The van der Waals surface area contributed by atoms with Gasteiger partial charge in [-0.1, -0.05) is 30.7 Å². The van der Waals surface area contributed by atoms with Gasteiger partial charge in [0.15, 0.2) is 0 Å².